The Labute approximate surface area is 104 Å². The molecule has 5 heteroatoms. The topological polar surface area (TPSA) is 75.4 Å². The summed E-state index contributed by atoms with van der Waals surface area (Å²) < 4.78 is 5.11. The van der Waals surface area contributed by atoms with Crippen LogP contribution in [0.3, 0.4) is 0 Å². The number of carboxylic acids is 1. The molecule has 0 fully saturated rings. The Bertz CT molecular complexity index is 558. The Balaban J connectivity index is 2.18. The molecule has 94 valence electrons. The molecule has 0 aliphatic heterocycles. The molecular formula is C13H14N2O3. The molecule has 2 aromatic rings. The van der Waals surface area contributed by atoms with E-state index < -0.39 is 5.97 Å². The van der Waals surface area contributed by atoms with Crippen molar-refractivity contribution < 1.29 is 14.3 Å². The molecule has 0 bridgehead atoms. The second kappa shape index (κ2) is 4.91. The van der Waals surface area contributed by atoms with E-state index in [-0.39, 0.29) is 11.8 Å². The highest BCUT2D eigenvalue weighted by atomic mass is 16.4. The van der Waals surface area contributed by atoms with Gasteiger partial charge in [-0.1, -0.05) is 19.1 Å². The van der Waals surface area contributed by atoms with Crippen LogP contribution >= 0.6 is 0 Å². The number of hydrogen-bond donors (Lipinski definition) is 2. The lowest BCUT2D eigenvalue weighted by atomic mass is 10.1. The van der Waals surface area contributed by atoms with Gasteiger partial charge in [-0.15, -0.1) is 0 Å². The summed E-state index contributed by atoms with van der Waals surface area (Å²) in [5.74, 6) is -1.25. The quantitative estimate of drug-likeness (QED) is 0.867. The summed E-state index contributed by atoms with van der Waals surface area (Å²) in [7, 11) is 0. The zero-order chi connectivity index (χ0) is 13.1. The number of anilines is 2. The first-order valence-electron chi connectivity index (χ1n) is 5.67. The van der Waals surface area contributed by atoms with E-state index in [0.717, 1.165) is 12.1 Å². The van der Waals surface area contributed by atoms with Crippen molar-refractivity contribution in [2.24, 2.45) is 0 Å². The molecule has 5 nitrogen and oxygen atoms in total. The summed E-state index contributed by atoms with van der Waals surface area (Å²) in [5, 5.41) is 11.8. The Morgan fingerprint density at radius 1 is 1.39 bits per heavy atom. The SMILES string of the molecule is CCc1ccc(Nc2nc(C)c(C(=O)O)o2)cc1. The number of rotatable bonds is 4. The molecule has 1 heterocycles. The molecule has 0 spiro atoms. The Hall–Kier alpha value is -2.30. The third-order valence-electron chi connectivity index (χ3n) is 2.60. The van der Waals surface area contributed by atoms with Crippen molar-refractivity contribution >= 4 is 17.7 Å². The lowest BCUT2D eigenvalue weighted by molar-refractivity contribution is 0.0662. The van der Waals surface area contributed by atoms with E-state index in [9.17, 15) is 4.79 Å². The van der Waals surface area contributed by atoms with Gasteiger partial charge in [0.15, 0.2) is 0 Å². The lowest BCUT2D eigenvalue weighted by Gasteiger charge is -2.02. The second-order valence-electron chi connectivity index (χ2n) is 3.91. The maximum atomic E-state index is 10.8. The van der Waals surface area contributed by atoms with Gasteiger partial charge in [0, 0.05) is 5.69 Å². The highest BCUT2D eigenvalue weighted by molar-refractivity contribution is 5.85. The molecule has 0 saturated heterocycles. The Morgan fingerprint density at radius 3 is 2.56 bits per heavy atom. The van der Waals surface area contributed by atoms with Crippen molar-refractivity contribution in [3.05, 3.63) is 41.3 Å². The third kappa shape index (κ3) is 2.51. The number of nitrogens with one attached hydrogen (secondary N) is 1. The van der Waals surface area contributed by atoms with Crippen LogP contribution in [0.2, 0.25) is 0 Å². The molecule has 0 aliphatic rings. The Morgan fingerprint density at radius 2 is 2.06 bits per heavy atom. The van der Waals surface area contributed by atoms with Crippen molar-refractivity contribution in [3.8, 4) is 0 Å². The molecule has 0 atom stereocenters. The van der Waals surface area contributed by atoms with Gasteiger partial charge in [-0.2, -0.15) is 4.98 Å². The summed E-state index contributed by atoms with van der Waals surface area (Å²) in [6, 6.07) is 7.98. The number of nitrogens with zero attached hydrogens (tertiary/aromatic N) is 1. The van der Waals surface area contributed by atoms with Crippen LogP contribution in [0.25, 0.3) is 0 Å². The van der Waals surface area contributed by atoms with E-state index in [4.69, 9.17) is 9.52 Å². The van der Waals surface area contributed by atoms with Crippen LogP contribution in [-0.2, 0) is 6.42 Å². The van der Waals surface area contributed by atoms with Crippen LogP contribution < -0.4 is 5.32 Å². The van der Waals surface area contributed by atoms with Crippen LogP contribution in [0.5, 0.6) is 0 Å². The van der Waals surface area contributed by atoms with Crippen molar-refractivity contribution in [3.63, 3.8) is 0 Å². The van der Waals surface area contributed by atoms with Crippen molar-refractivity contribution in [1.82, 2.24) is 4.98 Å². The van der Waals surface area contributed by atoms with Gasteiger partial charge in [0.25, 0.3) is 6.01 Å². The zero-order valence-electron chi connectivity index (χ0n) is 10.2. The summed E-state index contributed by atoms with van der Waals surface area (Å²) >= 11 is 0. The molecule has 0 radical (unpaired) electrons. The number of oxazole rings is 1. The van der Waals surface area contributed by atoms with Crippen LogP contribution in [0.1, 0.15) is 28.7 Å². The highest BCUT2D eigenvalue weighted by Gasteiger charge is 2.15. The van der Waals surface area contributed by atoms with Crippen LogP contribution in [0.4, 0.5) is 11.7 Å². The van der Waals surface area contributed by atoms with Gasteiger partial charge in [0.1, 0.15) is 0 Å². The molecular weight excluding hydrogens is 232 g/mol. The van der Waals surface area contributed by atoms with Gasteiger partial charge >= 0.3 is 5.97 Å². The molecule has 0 amide bonds. The lowest BCUT2D eigenvalue weighted by Crippen LogP contribution is -1.95. The molecule has 0 saturated carbocycles. The predicted molar refractivity (Wildman–Crippen MR) is 67.3 cm³/mol. The molecule has 18 heavy (non-hydrogen) atoms. The first kappa shape index (κ1) is 12.2. The van der Waals surface area contributed by atoms with E-state index >= 15 is 0 Å². The van der Waals surface area contributed by atoms with E-state index in [1.54, 1.807) is 6.92 Å². The summed E-state index contributed by atoms with van der Waals surface area (Å²) in [6.07, 6.45) is 0.974. The normalized spacial score (nSPS) is 10.3. The minimum absolute atomic E-state index is 0.136. The van der Waals surface area contributed by atoms with Gasteiger partial charge in [-0.3, -0.25) is 0 Å². The standard InChI is InChI=1S/C13H14N2O3/c1-3-9-4-6-10(7-5-9)15-13-14-8(2)11(18-13)12(16)17/h4-7H,3H2,1-2H3,(H,14,15)(H,16,17). The first-order valence-corrected chi connectivity index (χ1v) is 5.67. The average molecular weight is 246 g/mol. The first-order chi connectivity index (χ1) is 8.60. The van der Waals surface area contributed by atoms with Crippen LogP contribution in [0.15, 0.2) is 28.7 Å². The van der Waals surface area contributed by atoms with Gasteiger partial charge in [-0.25, -0.2) is 4.79 Å². The number of carbonyl (C=O) groups is 1. The van der Waals surface area contributed by atoms with E-state index in [1.807, 2.05) is 24.3 Å². The predicted octanol–water partition coefficient (Wildman–Crippen LogP) is 2.99. The molecule has 0 aliphatic carbocycles. The number of hydrogen-bond acceptors (Lipinski definition) is 4. The van der Waals surface area contributed by atoms with Gasteiger partial charge in [-0.05, 0) is 31.0 Å². The monoisotopic (exact) mass is 246 g/mol. The smallest absolute Gasteiger partial charge is 0.373 e. The minimum Gasteiger partial charge on any atom is -0.475 e. The van der Waals surface area contributed by atoms with E-state index in [0.29, 0.717) is 5.69 Å². The fourth-order valence-electron chi connectivity index (χ4n) is 1.60. The number of aryl methyl sites for hydroxylation is 2. The van der Waals surface area contributed by atoms with Crippen LogP contribution in [-0.4, -0.2) is 16.1 Å². The summed E-state index contributed by atoms with van der Waals surface area (Å²) in [5.41, 5.74) is 2.40. The average Bonchev–Trinajstić information content (AvgIpc) is 2.71. The molecule has 2 rings (SSSR count). The molecule has 1 aromatic heterocycles. The van der Waals surface area contributed by atoms with Gasteiger partial charge < -0.3 is 14.8 Å². The second-order valence-corrected chi connectivity index (χ2v) is 3.91. The number of carboxylic acid groups (broad SMARTS) is 1. The zero-order valence-corrected chi connectivity index (χ0v) is 10.2. The van der Waals surface area contributed by atoms with Gasteiger partial charge in [0.2, 0.25) is 5.76 Å². The highest BCUT2D eigenvalue weighted by Crippen LogP contribution is 2.19. The fourth-order valence-corrected chi connectivity index (χ4v) is 1.60. The number of aromatic nitrogens is 1. The summed E-state index contributed by atoms with van der Waals surface area (Å²) in [4.78, 5) is 14.8. The van der Waals surface area contributed by atoms with E-state index in [1.165, 1.54) is 5.56 Å². The van der Waals surface area contributed by atoms with Gasteiger partial charge in [0.05, 0.1) is 5.69 Å². The fraction of sp³-hybridized carbons (Fsp3) is 0.231. The van der Waals surface area contributed by atoms with Crippen molar-refractivity contribution in [2.45, 2.75) is 20.3 Å². The van der Waals surface area contributed by atoms with E-state index in [2.05, 4.69) is 17.2 Å². The van der Waals surface area contributed by atoms with Crippen molar-refractivity contribution in [2.75, 3.05) is 5.32 Å². The minimum atomic E-state index is -1.12. The van der Waals surface area contributed by atoms with Crippen molar-refractivity contribution in [1.29, 1.82) is 0 Å². The molecule has 1 aromatic carbocycles. The summed E-state index contributed by atoms with van der Waals surface area (Å²) in [6.45, 7) is 3.68. The Kier molecular flexibility index (Phi) is 3.32. The molecule has 2 N–H and O–H groups in total. The largest absolute Gasteiger partial charge is 0.475 e. The third-order valence-corrected chi connectivity index (χ3v) is 2.60. The number of benzene rings is 1. The number of aromatic carboxylic acids is 1. The van der Waals surface area contributed by atoms with Crippen LogP contribution in [0, 0.1) is 6.92 Å². The maximum Gasteiger partial charge on any atom is 0.373 e. The molecule has 0 unspecified atom stereocenters. The maximum absolute atomic E-state index is 10.8.